The fourth-order valence-electron chi connectivity index (χ4n) is 6.93. The van der Waals surface area contributed by atoms with Gasteiger partial charge >= 0.3 is 0 Å². The summed E-state index contributed by atoms with van der Waals surface area (Å²) in [7, 11) is 0. The molecule has 2 bridgehead atoms. The van der Waals surface area contributed by atoms with Gasteiger partial charge in [0, 0.05) is 19.7 Å². The van der Waals surface area contributed by atoms with E-state index < -0.39 is 29.6 Å². The highest BCUT2D eigenvalue weighted by molar-refractivity contribution is 5.98. The number of carbonyl (C=O) groups excluding carboxylic acids is 3. The number of likely N-dealkylation sites (tertiary alicyclic amines) is 1. The summed E-state index contributed by atoms with van der Waals surface area (Å²) >= 11 is 0. The van der Waals surface area contributed by atoms with E-state index in [0.29, 0.717) is 38.8 Å². The molecule has 5 atom stereocenters. The van der Waals surface area contributed by atoms with Crippen molar-refractivity contribution in [1.29, 1.82) is 0 Å². The quantitative estimate of drug-likeness (QED) is 0.287. The zero-order valence-corrected chi connectivity index (χ0v) is 22.9. The maximum atomic E-state index is 14.0. The number of benzene rings is 2. The smallest absolute Gasteiger partial charge is 0.247 e. The Morgan fingerprint density at radius 2 is 1.78 bits per heavy atom. The van der Waals surface area contributed by atoms with Gasteiger partial charge in [0.2, 0.25) is 17.7 Å². The van der Waals surface area contributed by atoms with Gasteiger partial charge in [0.1, 0.15) is 23.8 Å². The first-order valence-electron chi connectivity index (χ1n) is 14.5. The molecule has 3 aliphatic rings. The topological polar surface area (TPSA) is 139 Å². The van der Waals surface area contributed by atoms with E-state index in [9.17, 15) is 14.4 Å². The van der Waals surface area contributed by atoms with Crippen LogP contribution >= 0.6 is 0 Å². The van der Waals surface area contributed by atoms with Crippen molar-refractivity contribution < 1.29 is 24.2 Å². The number of aliphatic hydroxyl groups excluding tert-OH is 1. The number of carbonyl (C=O) groups is 3. The normalized spacial score (nSPS) is 26.5. The second-order valence-electron chi connectivity index (χ2n) is 11.2. The van der Waals surface area contributed by atoms with Crippen LogP contribution in [0, 0.1) is 11.8 Å². The zero-order chi connectivity index (χ0) is 28.4. The van der Waals surface area contributed by atoms with E-state index in [1.54, 1.807) is 9.58 Å². The Morgan fingerprint density at radius 3 is 2.61 bits per heavy atom. The number of hydrogen-bond donors (Lipinski definition) is 3. The van der Waals surface area contributed by atoms with Crippen LogP contribution in [0.5, 0.6) is 0 Å². The molecule has 4 heterocycles. The first-order chi connectivity index (χ1) is 20.0. The van der Waals surface area contributed by atoms with E-state index in [0.717, 1.165) is 29.4 Å². The number of aliphatic hydroxyl groups is 1. The standard InChI is InChI=1S/C30H36N6O5/c37-17-9-2-1-8-16-35-26(28(39)32-19-36-22-13-7-6-12-21(22)33-34-36)30-15-14-23(41-30)24(25(30)29(35)40)27(38)31-18-20-10-4-3-5-11-20/h3-7,10-13,23-26,37H,1-2,8-9,14-19H2,(H,31,38)(H,32,39)/t23-,24+,25-,26?,30?/m0/s1. The van der Waals surface area contributed by atoms with Crippen molar-refractivity contribution in [2.75, 3.05) is 13.2 Å². The third-order valence-electron chi connectivity index (χ3n) is 8.79. The number of unbranched alkanes of at least 4 members (excludes halogenated alkanes) is 3. The highest BCUT2D eigenvalue weighted by Gasteiger charge is 2.74. The molecule has 3 saturated heterocycles. The second-order valence-corrected chi connectivity index (χ2v) is 11.2. The maximum absolute atomic E-state index is 14.0. The molecule has 1 aromatic heterocycles. The summed E-state index contributed by atoms with van der Waals surface area (Å²) in [6.07, 6.45) is 3.82. The fourth-order valence-corrected chi connectivity index (χ4v) is 6.93. The van der Waals surface area contributed by atoms with Gasteiger partial charge in [-0.25, -0.2) is 4.68 Å². The zero-order valence-electron chi connectivity index (χ0n) is 22.9. The molecule has 0 saturated carbocycles. The van der Waals surface area contributed by atoms with Crippen LogP contribution < -0.4 is 10.6 Å². The Bertz CT molecular complexity index is 1410. The average Bonchev–Trinajstić information content (AvgIpc) is 3.74. The van der Waals surface area contributed by atoms with Crippen LogP contribution in [-0.4, -0.2) is 73.6 Å². The summed E-state index contributed by atoms with van der Waals surface area (Å²) in [6, 6.07) is 16.3. The number of ether oxygens (including phenoxy) is 1. The van der Waals surface area contributed by atoms with Gasteiger partial charge < -0.3 is 25.4 Å². The summed E-state index contributed by atoms with van der Waals surface area (Å²) in [5, 5.41) is 23.4. The number of rotatable bonds is 12. The Hall–Kier alpha value is -3.83. The van der Waals surface area contributed by atoms with Crippen molar-refractivity contribution in [3.8, 4) is 0 Å². The third-order valence-corrected chi connectivity index (χ3v) is 8.79. The predicted octanol–water partition coefficient (Wildman–Crippen LogP) is 1.75. The Balaban J connectivity index is 1.22. The minimum atomic E-state index is -1.05. The molecule has 11 nitrogen and oxygen atoms in total. The van der Waals surface area contributed by atoms with E-state index in [4.69, 9.17) is 9.84 Å². The SMILES string of the molecule is O=C(NCn1nnc2ccccc21)C1N(CCCCCCO)C(=O)[C@@H]2[C@H](C(=O)NCc3ccccc3)[C@@H]3CCC12O3. The van der Waals surface area contributed by atoms with E-state index in [1.165, 1.54) is 0 Å². The van der Waals surface area contributed by atoms with Crippen LogP contribution in [-0.2, 0) is 32.3 Å². The van der Waals surface area contributed by atoms with Crippen molar-refractivity contribution in [3.05, 3.63) is 60.2 Å². The van der Waals surface area contributed by atoms with Gasteiger partial charge in [-0.15, -0.1) is 5.10 Å². The molecular weight excluding hydrogens is 524 g/mol. The van der Waals surface area contributed by atoms with Crippen molar-refractivity contribution >= 4 is 28.8 Å². The second kappa shape index (κ2) is 11.6. The monoisotopic (exact) mass is 560 g/mol. The molecule has 0 radical (unpaired) electrons. The van der Waals surface area contributed by atoms with Crippen LogP contribution in [0.1, 0.15) is 44.1 Å². The summed E-state index contributed by atoms with van der Waals surface area (Å²) in [5.41, 5.74) is 1.44. The molecule has 216 valence electrons. The molecular formula is C30H36N6O5. The number of nitrogens with zero attached hydrogens (tertiary/aromatic N) is 4. The van der Waals surface area contributed by atoms with Crippen LogP contribution in [0.25, 0.3) is 11.0 Å². The van der Waals surface area contributed by atoms with Crippen molar-refractivity contribution in [1.82, 2.24) is 30.5 Å². The highest BCUT2D eigenvalue weighted by Crippen LogP contribution is 2.58. The summed E-state index contributed by atoms with van der Waals surface area (Å²) in [6.45, 7) is 0.977. The lowest BCUT2D eigenvalue weighted by Gasteiger charge is -2.33. The molecule has 1 spiro atoms. The Kier molecular flexibility index (Phi) is 7.72. The maximum Gasteiger partial charge on any atom is 0.247 e. The van der Waals surface area contributed by atoms with E-state index in [1.807, 2.05) is 54.6 Å². The van der Waals surface area contributed by atoms with Crippen molar-refractivity contribution in [2.24, 2.45) is 11.8 Å². The minimum Gasteiger partial charge on any atom is -0.396 e. The first kappa shape index (κ1) is 27.3. The molecule has 3 aromatic rings. The molecule has 2 unspecified atom stereocenters. The summed E-state index contributed by atoms with van der Waals surface area (Å²) < 4.78 is 8.12. The van der Waals surface area contributed by atoms with Gasteiger partial charge in [0.05, 0.1) is 23.5 Å². The molecule has 41 heavy (non-hydrogen) atoms. The van der Waals surface area contributed by atoms with Crippen LogP contribution in [0.2, 0.25) is 0 Å². The Morgan fingerprint density at radius 1 is 1.00 bits per heavy atom. The van der Waals surface area contributed by atoms with E-state index in [-0.39, 0.29) is 31.0 Å². The lowest BCUT2D eigenvalue weighted by atomic mass is 9.70. The van der Waals surface area contributed by atoms with Gasteiger partial charge in [0.15, 0.2) is 0 Å². The van der Waals surface area contributed by atoms with E-state index >= 15 is 0 Å². The van der Waals surface area contributed by atoms with E-state index in [2.05, 4.69) is 20.9 Å². The minimum absolute atomic E-state index is 0.0968. The lowest BCUT2D eigenvalue weighted by Crippen LogP contribution is -2.55. The van der Waals surface area contributed by atoms with Crippen LogP contribution in [0.3, 0.4) is 0 Å². The molecule has 11 heteroatoms. The van der Waals surface area contributed by atoms with Crippen molar-refractivity contribution in [2.45, 2.75) is 69.5 Å². The number of amides is 3. The van der Waals surface area contributed by atoms with Crippen LogP contribution in [0.15, 0.2) is 54.6 Å². The number of aromatic nitrogens is 3. The Labute approximate surface area is 238 Å². The summed E-state index contributed by atoms with van der Waals surface area (Å²) in [4.78, 5) is 43.1. The molecule has 3 fully saturated rings. The lowest BCUT2D eigenvalue weighted by molar-refractivity contribution is -0.142. The van der Waals surface area contributed by atoms with Gasteiger partial charge in [-0.3, -0.25) is 14.4 Å². The number of nitrogens with one attached hydrogen (secondary N) is 2. The molecule has 3 amide bonds. The predicted molar refractivity (Wildman–Crippen MR) is 149 cm³/mol. The molecule has 2 aromatic carbocycles. The first-order valence-corrected chi connectivity index (χ1v) is 14.5. The highest BCUT2D eigenvalue weighted by atomic mass is 16.5. The largest absolute Gasteiger partial charge is 0.396 e. The number of para-hydroxylation sites is 1. The van der Waals surface area contributed by atoms with Gasteiger partial charge in [-0.2, -0.15) is 0 Å². The van der Waals surface area contributed by atoms with Crippen molar-refractivity contribution in [3.63, 3.8) is 0 Å². The molecule has 6 rings (SSSR count). The van der Waals surface area contributed by atoms with Gasteiger partial charge in [-0.05, 0) is 43.4 Å². The third kappa shape index (κ3) is 4.97. The number of fused-ring (bicyclic) bond motifs is 2. The molecule has 0 aliphatic carbocycles. The van der Waals surface area contributed by atoms with Gasteiger partial charge in [0.25, 0.3) is 0 Å². The number of hydrogen-bond acceptors (Lipinski definition) is 7. The summed E-state index contributed by atoms with van der Waals surface area (Å²) in [5.74, 6) is -2.08. The van der Waals surface area contributed by atoms with Crippen LogP contribution in [0.4, 0.5) is 0 Å². The molecule has 3 N–H and O–H groups in total. The average molecular weight is 561 g/mol. The molecule has 3 aliphatic heterocycles. The van der Waals surface area contributed by atoms with Gasteiger partial charge in [-0.1, -0.05) is 60.5 Å². The fraction of sp³-hybridized carbons (Fsp3) is 0.500.